The first-order chi connectivity index (χ1) is 6.43. The number of unbranched alkanes of at least 4 members (excludes halogenated alkanes) is 3. The Kier molecular flexibility index (Phi) is 6.21. The topological polar surface area (TPSA) is 18.5 Å². The van der Waals surface area contributed by atoms with Gasteiger partial charge in [-0.3, -0.25) is 0 Å². The molecule has 1 aliphatic rings. The summed E-state index contributed by atoms with van der Waals surface area (Å²) in [6.07, 6.45) is 10.4. The molecule has 0 amide bonds. The van der Waals surface area contributed by atoms with E-state index in [-0.39, 0.29) is 0 Å². The molecule has 0 heterocycles. The molecular weight excluding hydrogens is 164 g/mol. The van der Waals surface area contributed by atoms with E-state index in [2.05, 4.69) is 6.92 Å². The standard InChI is InChI=1S/C11H22O2/c1-2-3-4-7-10-12-13-11-8-5-6-9-11/h11H,2-10H2,1H3. The van der Waals surface area contributed by atoms with Crippen molar-refractivity contribution in [3.05, 3.63) is 0 Å². The summed E-state index contributed by atoms with van der Waals surface area (Å²) in [5.41, 5.74) is 0. The SMILES string of the molecule is CCCCCCOOC1CCCC1. The summed E-state index contributed by atoms with van der Waals surface area (Å²) in [7, 11) is 0. The highest BCUT2D eigenvalue weighted by atomic mass is 17.2. The molecule has 0 bridgehead atoms. The van der Waals surface area contributed by atoms with Crippen LogP contribution in [0, 0.1) is 0 Å². The fraction of sp³-hybridized carbons (Fsp3) is 1.00. The lowest BCUT2D eigenvalue weighted by molar-refractivity contribution is -0.323. The molecule has 0 unspecified atom stereocenters. The minimum Gasteiger partial charge on any atom is -0.236 e. The maximum atomic E-state index is 5.28. The molecule has 0 saturated heterocycles. The monoisotopic (exact) mass is 186 g/mol. The van der Waals surface area contributed by atoms with Crippen LogP contribution in [-0.2, 0) is 9.78 Å². The number of hydrogen-bond donors (Lipinski definition) is 0. The minimum absolute atomic E-state index is 0.395. The molecule has 0 N–H and O–H groups in total. The van der Waals surface area contributed by atoms with Crippen molar-refractivity contribution in [2.24, 2.45) is 0 Å². The minimum atomic E-state index is 0.395. The predicted octanol–water partition coefficient (Wildman–Crippen LogP) is 3.46. The summed E-state index contributed by atoms with van der Waals surface area (Å²) in [6.45, 7) is 2.99. The third kappa shape index (κ3) is 5.27. The predicted molar refractivity (Wildman–Crippen MR) is 53.4 cm³/mol. The fourth-order valence-electron chi connectivity index (χ4n) is 1.72. The van der Waals surface area contributed by atoms with Crippen LogP contribution in [-0.4, -0.2) is 12.7 Å². The van der Waals surface area contributed by atoms with Crippen LogP contribution in [0.4, 0.5) is 0 Å². The maximum Gasteiger partial charge on any atom is 0.0930 e. The van der Waals surface area contributed by atoms with Crippen LogP contribution in [0.2, 0.25) is 0 Å². The van der Waals surface area contributed by atoms with Crippen LogP contribution < -0.4 is 0 Å². The molecule has 1 fully saturated rings. The zero-order valence-corrected chi connectivity index (χ0v) is 8.76. The van der Waals surface area contributed by atoms with Gasteiger partial charge in [-0.2, -0.15) is 0 Å². The van der Waals surface area contributed by atoms with E-state index in [1.807, 2.05) is 0 Å². The Labute approximate surface area is 81.5 Å². The second kappa shape index (κ2) is 7.34. The van der Waals surface area contributed by atoms with Gasteiger partial charge in [0, 0.05) is 0 Å². The molecule has 2 nitrogen and oxygen atoms in total. The molecule has 1 saturated carbocycles. The highest BCUT2D eigenvalue weighted by Gasteiger charge is 2.15. The molecule has 78 valence electrons. The zero-order chi connectivity index (χ0) is 9.36. The summed E-state index contributed by atoms with van der Waals surface area (Å²) < 4.78 is 0. The average molecular weight is 186 g/mol. The second-order valence-electron chi connectivity index (χ2n) is 3.89. The fourth-order valence-corrected chi connectivity index (χ4v) is 1.72. The lowest BCUT2D eigenvalue weighted by Crippen LogP contribution is -2.08. The molecule has 0 radical (unpaired) electrons. The van der Waals surface area contributed by atoms with Gasteiger partial charge in [-0.1, -0.05) is 39.0 Å². The Hall–Kier alpha value is -0.0800. The smallest absolute Gasteiger partial charge is 0.0930 e. The van der Waals surface area contributed by atoms with Crippen molar-refractivity contribution in [3.63, 3.8) is 0 Å². The van der Waals surface area contributed by atoms with E-state index < -0.39 is 0 Å². The third-order valence-electron chi connectivity index (χ3n) is 2.59. The number of rotatable bonds is 7. The first-order valence-electron chi connectivity index (χ1n) is 5.71. The van der Waals surface area contributed by atoms with E-state index in [1.54, 1.807) is 0 Å². The zero-order valence-electron chi connectivity index (χ0n) is 8.76. The van der Waals surface area contributed by atoms with Crippen LogP contribution >= 0.6 is 0 Å². The van der Waals surface area contributed by atoms with E-state index in [1.165, 1.54) is 44.9 Å². The summed E-state index contributed by atoms with van der Waals surface area (Å²) in [4.78, 5) is 10.4. The van der Waals surface area contributed by atoms with Crippen LogP contribution in [0.1, 0.15) is 58.3 Å². The van der Waals surface area contributed by atoms with Gasteiger partial charge in [0.05, 0.1) is 12.7 Å². The number of hydrogen-bond acceptors (Lipinski definition) is 2. The molecule has 13 heavy (non-hydrogen) atoms. The second-order valence-corrected chi connectivity index (χ2v) is 3.89. The summed E-state index contributed by atoms with van der Waals surface area (Å²) in [5, 5.41) is 0. The molecule has 2 heteroatoms. The average Bonchev–Trinajstić information content (AvgIpc) is 2.63. The van der Waals surface area contributed by atoms with Crippen LogP contribution in [0.3, 0.4) is 0 Å². The van der Waals surface area contributed by atoms with Crippen LogP contribution in [0.5, 0.6) is 0 Å². The van der Waals surface area contributed by atoms with Gasteiger partial charge < -0.3 is 0 Å². The lowest BCUT2D eigenvalue weighted by atomic mass is 10.2. The first kappa shape index (κ1) is 11.0. The highest BCUT2D eigenvalue weighted by molar-refractivity contribution is 4.64. The highest BCUT2D eigenvalue weighted by Crippen LogP contribution is 2.20. The van der Waals surface area contributed by atoms with E-state index in [0.29, 0.717) is 6.10 Å². The normalized spacial score (nSPS) is 18.2. The Morgan fingerprint density at radius 2 is 1.85 bits per heavy atom. The van der Waals surface area contributed by atoms with E-state index >= 15 is 0 Å². The van der Waals surface area contributed by atoms with Crippen LogP contribution in [0.25, 0.3) is 0 Å². The molecule has 1 rings (SSSR count). The molecule has 0 aliphatic heterocycles. The van der Waals surface area contributed by atoms with Crippen molar-refractivity contribution < 1.29 is 9.78 Å². The van der Waals surface area contributed by atoms with Gasteiger partial charge in [0.25, 0.3) is 0 Å². The Morgan fingerprint density at radius 3 is 2.54 bits per heavy atom. The summed E-state index contributed by atoms with van der Waals surface area (Å²) >= 11 is 0. The van der Waals surface area contributed by atoms with Gasteiger partial charge in [0.2, 0.25) is 0 Å². The van der Waals surface area contributed by atoms with Crippen molar-refractivity contribution in [1.82, 2.24) is 0 Å². The van der Waals surface area contributed by atoms with Gasteiger partial charge in [-0.25, -0.2) is 9.78 Å². The van der Waals surface area contributed by atoms with Gasteiger partial charge in [-0.15, -0.1) is 0 Å². The van der Waals surface area contributed by atoms with Gasteiger partial charge >= 0.3 is 0 Å². The van der Waals surface area contributed by atoms with Crippen molar-refractivity contribution >= 4 is 0 Å². The summed E-state index contributed by atoms with van der Waals surface area (Å²) in [5.74, 6) is 0. The first-order valence-corrected chi connectivity index (χ1v) is 5.71. The van der Waals surface area contributed by atoms with Crippen molar-refractivity contribution in [1.29, 1.82) is 0 Å². The largest absolute Gasteiger partial charge is 0.236 e. The van der Waals surface area contributed by atoms with Crippen molar-refractivity contribution in [2.45, 2.75) is 64.4 Å². The van der Waals surface area contributed by atoms with E-state index in [9.17, 15) is 0 Å². The van der Waals surface area contributed by atoms with Gasteiger partial charge in [0.15, 0.2) is 0 Å². The van der Waals surface area contributed by atoms with Crippen molar-refractivity contribution in [2.75, 3.05) is 6.61 Å². The quantitative estimate of drug-likeness (QED) is 0.344. The molecule has 0 spiro atoms. The van der Waals surface area contributed by atoms with Crippen LogP contribution in [0.15, 0.2) is 0 Å². The Bertz CT molecular complexity index is 109. The molecule has 0 atom stereocenters. The maximum absolute atomic E-state index is 5.28. The Morgan fingerprint density at radius 1 is 1.08 bits per heavy atom. The van der Waals surface area contributed by atoms with E-state index in [0.717, 1.165) is 13.0 Å². The van der Waals surface area contributed by atoms with E-state index in [4.69, 9.17) is 9.78 Å². The Balaban J connectivity index is 1.78. The molecule has 0 aromatic heterocycles. The molecular formula is C11H22O2. The molecule has 0 aromatic rings. The third-order valence-corrected chi connectivity index (χ3v) is 2.59. The van der Waals surface area contributed by atoms with Gasteiger partial charge in [-0.05, 0) is 19.3 Å². The summed E-state index contributed by atoms with van der Waals surface area (Å²) in [6, 6.07) is 0. The van der Waals surface area contributed by atoms with Crippen molar-refractivity contribution in [3.8, 4) is 0 Å². The lowest BCUT2D eigenvalue weighted by Gasteiger charge is -2.09. The molecule has 0 aromatic carbocycles. The van der Waals surface area contributed by atoms with Gasteiger partial charge in [0.1, 0.15) is 0 Å². The molecule has 1 aliphatic carbocycles.